The summed E-state index contributed by atoms with van der Waals surface area (Å²) in [5.74, 6) is -45.5. The van der Waals surface area contributed by atoms with E-state index in [4.69, 9.17) is 0 Å². The molecule has 0 aliphatic rings. The van der Waals surface area contributed by atoms with Gasteiger partial charge in [-0.25, -0.2) is 65.9 Å². The number of hydrogen-bond acceptors (Lipinski definition) is 0. The zero-order valence-electron chi connectivity index (χ0n) is 23.1. The molecule has 0 atom stereocenters. The first-order chi connectivity index (χ1) is 20.6. The highest BCUT2D eigenvalue weighted by Gasteiger charge is 2.48. The van der Waals surface area contributed by atoms with E-state index in [1.807, 2.05) is 0 Å². The lowest BCUT2D eigenvalue weighted by Crippen LogP contribution is -2.79. The van der Waals surface area contributed by atoms with Crippen molar-refractivity contribution in [1.82, 2.24) is 0 Å². The van der Waals surface area contributed by atoms with Gasteiger partial charge in [-0.3, -0.25) is 0 Å². The molecule has 0 saturated heterocycles. The summed E-state index contributed by atoms with van der Waals surface area (Å²) in [7, 11) is 8.50. The SMILES string of the molecule is C[N+](C)(C)C.Fc1c(F)c(F)c([B-](c2ccccc2)(c2c(F)c(F)c(F)c(F)c2F)c2c(F)c(F)c(F)c(F)c2F)c(F)c1F. The van der Waals surface area contributed by atoms with Crippen LogP contribution < -0.4 is 21.9 Å². The van der Waals surface area contributed by atoms with E-state index in [1.165, 1.54) is 0 Å². The number of benzene rings is 4. The molecule has 0 aliphatic carbocycles. The van der Waals surface area contributed by atoms with E-state index in [9.17, 15) is 39.5 Å². The summed E-state index contributed by atoms with van der Waals surface area (Å²) in [6, 6.07) is 3.24. The molecule has 4 aromatic rings. The zero-order valence-corrected chi connectivity index (χ0v) is 23.1. The molecule has 0 bridgehead atoms. The van der Waals surface area contributed by atoms with E-state index in [-0.39, 0.29) is 0 Å². The number of quaternary nitrogens is 1. The van der Waals surface area contributed by atoms with Crippen molar-refractivity contribution < 1.29 is 70.3 Å². The molecule has 0 radical (unpaired) electrons. The molecule has 242 valence electrons. The minimum Gasteiger partial charge on any atom is -0.333 e. The molecule has 4 rings (SSSR count). The van der Waals surface area contributed by atoms with Crippen molar-refractivity contribution >= 4 is 28.0 Å². The van der Waals surface area contributed by atoms with Gasteiger partial charge in [0, 0.05) is 0 Å². The van der Waals surface area contributed by atoms with Crippen LogP contribution in [0.5, 0.6) is 0 Å². The van der Waals surface area contributed by atoms with Crippen molar-refractivity contribution in [2.45, 2.75) is 0 Å². The summed E-state index contributed by atoms with van der Waals surface area (Å²) in [4.78, 5) is 0. The molecule has 0 fully saturated rings. The molecule has 0 heterocycles. The lowest BCUT2D eigenvalue weighted by molar-refractivity contribution is -0.849. The Balaban J connectivity index is 0.00000102. The van der Waals surface area contributed by atoms with E-state index < -0.39 is 115 Å². The Kier molecular flexibility index (Phi) is 9.68. The first-order valence-electron chi connectivity index (χ1n) is 12.2. The Morgan fingerprint density at radius 1 is 0.333 bits per heavy atom. The van der Waals surface area contributed by atoms with Crippen LogP contribution in [0.4, 0.5) is 65.9 Å². The molecule has 1 nitrogen and oxygen atoms in total. The van der Waals surface area contributed by atoms with E-state index in [0.717, 1.165) is 22.7 Å². The van der Waals surface area contributed by atoms with Crippen molar-refractivity contribution in [2.24, 2.45) is 0 Å². The molecule has 0 unspecified atom stereocenters. The van der Waals surface area contributed by atoms with Crippen LogP contribution in [-0.2, 0) is 0 Å². The van der Waals surface area contributed by atoms with Gasteiger partial charge in [0.2, 0.25) is 0 Å². The van der Waals surface area contributed by atoms with Gasteiger partial charge in [0.15, 0.2) is 52.4 Å². The number of rotatable bonds is 4. The third-order valence-corrected chi connectivity index (χ3v) is 6.33. The van der Waals surface area contributed by atoms with Gasteiger partial charge in [0.05, 0.1) is 28.2 Å². The lowest BCUT2D eigenvalue weighted by atomic mass is 9.12. The molecule has 4 aromatic carbocycles. The van der Waals surface area contributed by atoms with Gasteiger partial charge in [0.25, 0.3) is 0 Å². The number of halogens is 15. The van der Waals surface area contributed by atoms with Crippen molar-refractivity contribution in [3.05, 3.63) is 118 Å². The fourth-order valence-electron chi connectivity index (χ4n) is 4.68. The average molecular weight is 663 g/mol. The van der Waals surface area contributed by atoms with Gasteiger partial charge in [-0.15, -0.1) is 16.4 Å². The molecule has 17 heteroatoms. The number of nitrogens with zero attached hydrogens (tertiary/aromatic N) is 1. The van der Waals surface area contributed by atoms with Gasteiger partial charge in [0.1, 0.15) is 41.0 Å². The van der Waals surface area contributed by atoms with E-state index >= 15 is 26.3 Å². The maximum atomic E-state index is 15.3. The Morgan fingerprint density at radius 2 is 0.511 bits per heavy atom. The summed E-state index contributed by atoms with van der Waals surface area (Å²) < 4.78 is 221. The van der Waals surface area contributed by atoms with Crippen molar-refractivity contribution in [3.8, 4) is 0 Å². The van der Waals surface area contributed by atoms with Crippen LogP contribution in [0, 0.1) is 87.3 Å². The molecule has 0 saturated carbocycles. The fourth-order valence-corrected chi connectivity index (χ4v) is 4.68. The third kappa shape index (κ3) is 5.73. The van der Waals surface area contributed by atoms with E-state index in [1.54, 1.807) is 0 Å². The Labute approximate surface area is 244 Å². The average Bonchev–Trinajstić information content (AvgIpc) is 2.98. The standard InChI is InChI=1S/C24H5BF15.C4H12N/c26-10-7(11(27)17(33)22(38)16(10)32)25(6-4-2-1-3-5-6,8-12(28)18(34)23(39)19(35)13(8)29)9-14(30)20(36)24(40)21(37)15(9)31;1-5(2,3)4/h1-5H;1-4H3/q-1;+1. The highest BCUT2D eigenvalue weighted by Crippen LogP contribution is 2.28. The van der Waals surface area contributed by atoms with Crippen LogP contribution in [0.3, 0.4) is 0 Å². The molecule has 0 amide bonds. The van der Waals surface area contributed by atoms with E-state index in [0.29, 0.717) is 12.1 Å². The number of hydrogen-bond donors (Lipinski definition) is 0. The van der Waals surface area contributed by atoms with Crippen LogP contribution in [0.2, 0.25) is 0 Å². The molecule has 0 aliphatic heterocycles. The third-order valence-electron chi connectivity index (χ3n) is 6.33. The molecular weight excluding hydrogens is 646 g/mol. The van der Waals surface area contributed by atoms with Gasteiger partial charge in [-0.05, 0) is 0 Å². The first kappa shape index (κ1) is 35.3. The van der Waals surface area contributed by atoms with Crippen molar-refractivity contribution in [2.75, 3.05) is 28.2 Å². The summed E-state index contributed by atoms with van der Waals surface area (Å²) in [6.07, 6.45) is -5.72. The largest absolute Gasteiger partial charge is 0.333 e. The maximum Gasteiger partial charge on any atom is 0.200 e. The summed E-state index contributed by atoms with van der Waals surface area (Å²) in [5.41, 5.74) is -9.41. The van der Waals surface area contributed by atoms with Gasteiger partial charge in [-0.1, -0.05) is 30.3 Å². The van der Waals surface area contributed by atoms with Crippen LogP contribution in [-0.4, -0.2) is 38.8 Å². The molecule has 0 N–H and O–H groups in total. The first-order valence-corrected chi connectivity index (χ1v) is 12.2. The Morgan fingerprint density at radius 3 is 0.711 bits per heavy atom. The predicted molar refractivity (Wildman–Crippen MR) is 133 cm³/mol. The minimum absolute atomic E-state index is 0.397. The summed E-state index contributed by atoms with van der Waals surface area (Å²) in [6.45, 7) is 0. The quantitative estimate of drug-likeness (QED) is 0.0894. The maximum absolute atomic E-state index is 15.3. The Bertz CT molecular complexity index is 1540. The smallest absolute Gasteiger partial charge is 0.200 e. The highest BCUT2D eigenvalue weighted by molar-refractivity contribution is 7.20. The second-order valence-electron chi connectivity index (χ2n) is 10.9. The minimum atomic E-state index is -5.72. The van der Waals surface area contributed by atoms with Crippen LogP contribution in [0.15, 0.2) is 30.3 Å². The van der Waals surface area contributed by atoms with Crippen molar-refractivity contribution in [3.63, 3.8) is 0 Å². The van der Waals surface area contributed by atoms with Gasteiger partial charge >= 0.3 is 0 Å². The molecular formula is C28H17BF15N. The lowest BCUT2D eigenvalue weighted by Gasteiger charge is -2.44. The molecule has 0 aromatic heterocycles. The van der Waals surface area contributed by atoms with E-state index in [2.05, 4.69) is 28.2 Å². The van der Waals surface area contributed by atoms with Crippen LogP contribution in [0.25, 0.3) is 0 Å². The highest BCUT2D eigenvalue weighted by atomic mass is 19.2. The fraction of sp³-hybridized carbons (Fsp3) is 0.143. The monoisotopic (exact) mass is 663 g/mol. The van der Waals surface area contributed by atoms with Crippen LogP contribution in [0.1, 0.15) is 0 Å². The topological polar surface area (TPSA) is 0 Å². The predicted octanol–water partition coefficient (Wildman–Crippen LogP) is 5.47. The molecule has 0 spiro atoms. The summed E-state index contributed by atoms with van der Waals surface area (Å²) >= 11 is 0. The van der Waals surface area contributed by atoms with Crippen LogP contribution >= 0.6 is 0 Å². The Hall–Kier alpha value is -4.15. The van der Waals surface area contributed by atoms with Gasteiger partial charge < -0.3 is 4.48 Å². The second-order valence-corrected chi connectivity index (χ2v) is 10.9. The van der Waals surface area contributed by atoms with Gasteiger partial charge in [-0.2, -0.15) is 5.46 Å². The summed E-state index contributed by atoms with van der Waals surface area (Å²) in [5, 5.41) is 0. The normalized spacial score (nSPS) is 11.9. The second kappa shape index (κ2) is 12.3. The molecule has 45 heavy (non-hydrogen) atoms. The van der Waals surface area contributed by atoms with Crippen molar-refractivity contribution in [1.29, 1.82) is 0 Å². The zero-order chi connectivity index (χ0) is 34.5.